The number of hydrogen-bond donors (Lipinski definition) is 1. The molecule has 0 bridgehead atoms. The molecular formula is C21H38O8Si. The van der Waals surface area contributed by atoms with E-state index in [1.54, 1.807) is 0 Å². The van der Waals surface area contributed by atoms with Crippen LogP contribution in [0.1, 0.15) is 61.8 Å². The van der Waals surface area contributed by atoms with Gasteiger partial charge in [0.2, 0.25) is 0 Å². The van der Waals surface area contributed by atoms with Gasteiger partial charge >= 0.3 is 14.5 Å². The van der Waals surface area contributed by atoms with Crippen LogP contribution in [0.25, 0.3) is 0 Å². The van der Waals surface area contributed by atoms with Crippen molar-refractivity contribution < 1.29 is 37.7 Å². The van der Waals surface area contributed by atoms with Gasteiger partial charge in [-0.1, -0.05) is 41.5 Å². The minimum Gasteiger partial charge on any atom is -0.457 e. The third-order valence-electron chi connectivity index (χ3n) is 6.64. The second-order valence-corrected chi connectivity index (χ2v) is 15.7. The molecule has 7 atom stereocenters. The highest BCUT2D eigenvalue weighted by Crippen LogP contribution is 2.56. The first-order valence-electron chi connectivity index (χ1n) is 10.7. The average molecular weight is 447 g/mol. The first kappa shape index (κ1) is 24.1. The van der Waals surface area contributed by atoms with E-state index in [0.717, 1.165) is 0 Å². The van der Waals surface area contributed by atoms with Crippen LogP contribution in [0, 0.1) is 0 Å². The van der Waals surface area contributed by atoms with Gasteiger partial charge in [0.15, 0.2) is 12.4 Å². The van der Waals surface area contributed by atoms with E-state index in [9.17, 15) is 9.90 Å². The molecule has 0 spiro atoms. The number of carbonyl (C=O) groups is 1. The van der Waals surface area contributed by atoms with Gasteiger partial charge in [0.25, 0.3) is 0 Å². The minimum absolute atomic E-state index is 0.212. The zero-order valence-electron chi connectivity index (χ0n) is 19.7. The average Bonchev–Trinajstić information content (AvgIpc) is 2.60. The molecule has 3 aliphatic heterocycles. The van der Waals surface area contributed by atoms with Crippen LogP contribution in [0.15, 0.2) is 0 Å². The number of rotatable bonds is 2. The Hall–Kier alpha value is -0.553. The number of esters is 1. The highest BCUT2D eigenvalue weighted by molar-refractivity contribution is 6.73. The summed E-state index contributed by atoms with van der Waals surface area (Å²) in [6.07, 6.45) is -3.49. The lowest BCUT2D eigenvalue weighted by Gasteiger charge is -2.61. The molecule has 3 aliphatic rings. The number of ether oxygens (including phenoxy) is 4. The molecule has 3 rings (SSSR count). The van der Waals surface area contributed by atoms with Crippen molar-refractivity contribution in [2.75, 3.05) is 13.7 Å². The fourth-order valence-corrected chi connectivity index (χ4v) is 10.3. The van der Waals surface area contributed by atoms with E-state index in [4.69, 9.17) is 27.8 Å². The lowest BCUT2D eigenvalue weighted by Crippen LogP contribution is -2.76. The summed E-state index contributed by atoms with van der Waals surface area (Å²) < 4.78 is 36.5. The standard InChI is InChI=1S/C21H38O8Si/c1-12(22)26-13-10-15-21(8,28-18(13)24-9)17(23)16-14(27-15)11-25-30(29-16,19(2,3)4)20(5,6)7/h13-18,23H,10-11H2,1-9H3/t13-,14+,15-,16-,17-,18?,21+/m0/s1. The lowest BCUT2D eigenvalue weighted by atomic mass is 9.79. The summed E-state index contributed by atoms with van der Waals surface area (Å²) in [7, 11) is -1.29. The maximum atomic E-state index is 11.5. The molecule has 9 heteroatoms. The van der Waals surface area contributed by atoms with Gasteiger partial charge in [0.05, 0.1) is 12.7 Å². The van der Waals surface area contributed by atoms with E-state index in [-0.39, 0.29) is 10.1 Å². The summed E-state index contributed by atoms with van der Waals surface area (Å²) in [5.41, 5.74) is -1.06. The molecule has 174 valence electrons. The molecule has 3 heterocycles. The van der Waals surface area contributed by atoms with E-state index in [2.05, 4.69) is 41.5 Å². The maximum absolute atomic E-state index is 11.5. The molecule has 0 aromatic carbocycles. The summed E-state index contributed by atoms with van der Waals surface area (Å²) in [6, 6.07) is 0. The Balaban J connectivity index is 1.91. The van der Waals surface area contributed by atoms with Crippen LogP contribution in [-0.4, -0.2) is 75.8 Å². The first-order chi connectivity index (χ1) is 13.7. The number of hydrogen-bond acceptors (Lipinski definition) is 8. The Kier molecular flexibility index (Phi) is 6.26. The van der Waals surface area contributed by atoms with Gasteiger partial charge < -0.3 is 32.9 Å². The van der Waals surface area contributed by atoms with Gasteiger partial charge in [0.1, 0.15) is 23.9 Å². The van der Waals surface area contributed by atoms with Crippen LogP contribution in [0.4, 0.5) is 0 Å². The smallest absolute Gasteiger partial charge is 0.349 e. The van der Waals surface area contributed by atoms with Crippen LogP contribution < -0.4 is 0 Å². The molecule has 0 aromatic heterocycles. The topological polar surface area (TPSA) is 92.7 Å². The first-order valence-corrected chi connectivity index (χ1v) is 12.5. The Morgan fingerprint density at radius 1 is 1.17 bits per heavy atom. The number of fused-ring (bicyclic) bond motifs is 2. The van der Waals surface area contributed by atoms with Crippen molar-refractivity contribution in [2.24, 2.45) is 0 Å². The molecule has 0 radical (unpaired) electrons. The van der Waals surface area contributed by atoms with E-state index in [1.807, 2.05) is 6.92 Å². The van der Waals surface area contributed by atoms with Crippen LogP contribution in [0.5, 0.6) is 0 Å². The predicted molar refractivity (Wildman–Crippen MR) is 111 cm³/mol. The summed E-state index contributed by atoms with van der Waals surface area (Å²) >= 11 is 0. The third-order valence-corrected chi connectivity index (χ3v) is 11.8. The van der Waals surface area contributed by atoms with Gasteiger partial charge in [-0.15, -0.1) is 0 Å². The van der Waals surface area contributed by atoms with Crippen LogP contribution >= 0.6 is 0 Å². The molecule has 0 saturated carbocycles. The maximum Gasteiger partial charge on any atom is 0.349 e. The number of carbonyl (C=O) groups excluding carboxylic acids is 1. The molecule has 0 aromatic rings. The molecule has 0 amide bonds. The molecule has 3 saturated heterocycles. The fourth-order valence-electron chi connectivity index (χ4n) is 5.35. The Labute approximate surface area is 180 Å². The van der Waals surface area contributed by atoms with E-state index >= 15 is 0 Å². The zero-order chi connectivity index (χ0) is 22.7. The van der Waals surface area contributed by atoms with E-state index in [0.29, 0.717) is 13.0 Å². The van der Waals surface area contributed by atoms with Gasteiger partial charge in [-0.2, -0.15) is 0 Å². The van der Waals surface area contributed by atoms with Crippen molar-refractivity contribution in [3.05, 3.63) is 0 Å². The van der Waals surface area contributed by atoms with E-state index < -0.39 is 56.9 Å². The van der Waals surface area contributed by atoms with Crippen molar-refractivity contribution in [1.82, 2.24) is 0 Å². The van der Waals surface area contributed by atoms with Crippen molar-refractivity contribution in [3.8, 4) is 0 Å². The predicted octanol–water partition coefficient (Wildman–Crippen LogP) is 2.66. The second-order valence-electron chi connectivity index (χ2n) is 10.9. The van der Waals surface area contributed by atoms with Crippen LogP contribution in [0.3, 0.4) is 0 Å². The van der Waals surface area contributed by atoms with Crippen LogP contribution in [-0.2, 0) is 32.6 Å². The van der Waals surface area contributed by atoms with Crippen molar-refractivity contribution >= 4 is 14.5 Å². The lowest BCUT2D eigenvalue weighted by molar-refractivity contribution is -0.364. The number of aliphatic hydroxyl groups is 1. The van der Waals surface area contributed by atoms with Gasteiger partial charge in [-0.25, -0.2) is 0 Å². The summed E-state index contributed by atoms with van der Waals surface area (Å²) in [4.78, 5) is 11.5. The Morgan fingerprint density at radius 3 is 2.27 bits per heavy atom. The molecule has 1 unspecified atom stereocenters. The summed E-state index contributed by atoms with van der Waals surface area (Å²) in [5.74, 6) is -0.418. The molecule has 1 N–H and O–H groups in total. The van der Waals surface area contributed by atoms with Crippen molar-refractivity contribution in [2.45, 2.75) is 114 Å². The van der Waals surface area contributed by atoms with Crippen molar-refractivity contribution in [1.29, 1.82) is 0 Å². The molecule has 30 heavy (non-hydrogen) atoms. The largest absolute Gasteiger partial charge is 0.457 e. The van der Waals surface area contributed by atoms with Gasteiger partial charge in [-0.3, -0.25) is 4.79 Å². The van der Waals surface area contributed by atoms with Crippen molar-refractivity contribution in [3.63, 3.8) is 0 Å². The minimum atomic E-state index is -2.78. The summed E-state index contributed by atoms with van der Waals surface area (Å²) in [5, 5.41) is 11.1. The Morgan fingerprint density at radius 2 is 1.77 bits per heavy atom. The monoisotopic (exact) mass is 446 g/mol. The van der Waals surface area contributed by atoms with E-state index in [1.165, 1.54) is 14.0 Å². The fraction of sp³-hybridized carbons (Fsp3) is 0.952. The highest BCUT2D eigenvalue weighted by atomic mass is 28.4. The molecular weight excluding hydrogens is 408 g/mol. The summed E-state index contributed by atoms with van der Waals surface area (Å²) in [6.45, 7) is 16.3. The quantitative estimate of drug-likeness (QED) is 0.511. The van der Waals surface area contributed by atoms with Gasteiger partial charge in [-0.05, 0) is 6.92 Å². The SMILES string of the molecule is COC1O[C@]2(C)[C@H](C[C@@H]1OC(C)=O)O[C@@H]1CO[Si](C(C)(C)C)(C(C)(C)C)O[C@@H]1[C@@H]2O. The third kappa shape index (κ3) is 3.76. The van der Waals surface area contributed by atoms with Crippen LogP contribution in [0.2, 0.25) is 10.1 Å². The molecule has 8 nitrogen and oxygen atoms in total. The zero-order valence-corrected chi connectivity index (χ0v) is 20.7. The Bertz CT molecular complexity index is 642. The molecule has 3 fully saturated rings. The second kappa shape index (κ2) is 7.79. The molecule has 0 aliphatic carbocycles. The highest BCUT2D eigenvalue weighted by Gasteiger charge is 2.67. The normalized spacial score (nSPS) is 41.5. The number of aliphatic hydroxyl groups excluding tert-OH is 1. The number of methoxy groups -OCH3 is 1. The van der Waals surface area contributed by atoms with Gasteiger partial charge in [0, 0.05) is 30.5 Å².